The van der Waals surface area contributed by atoms with Gasteiger partial charge in [0.2, 0.25) is 5.91 Å². The lowest BCUT2D eigenvalue weighted by Crippen LogP contribution is -2.34. The third kappa shape index (κ3) is 5.31. The zero-order valence-corrected chi connectivity index (χ0v) is 17.9. The van der Waals surface area contributed by atoms with Gasteiger partial charge in [-0.15, -0.1) is 11.8 Å². The van der Waals surface area contributed by atoms with Crippen molar-refractivity contribution in [1.82, 2.24) is 9.88 Å². The van der Waals surface area contributed by atoms with Gasteiger partial charge in [0.25, 0.3) is 0 Å². The summed E-state index contributed by atoms with van der Waals surface area (Å²) in [7, 11) is 4.05. The maximum absolute atomic E-state index is 13.1. The van der Waals surface area contributed by atoms with Crippen molar-refractivity contribution in [3.8, 4) is 0 Å². The molecule has 0 radical (unpaired) electrons. The number of anilines is 1. The molecule has 0 aliphatic rings. The fourth-order valence-electron chi connectivity index (χ4n) is 2.82. The summed E-state index contributed by atoms with van der Waals surface area (Å²) in [5, 5.41) is 0.743. The maximum Gasteiger partial charge on any atom is 0.239 e. The summed E-state index contributed by atoms with van der Waals surface area (Å²) >= 11 is 2.97. The van der Waals surface area contributed by atoms with E-state index in [2.05, 4.69) is 4.90 Å². The van der Waals surface area contributed by atoms with Gasteiger partial charge in [-0.3, -0.25) is 9.69 Å². The van der Waals surface area contributed by atoms with Crippen LogP contribution in [-0.4, -0.2) is 48.7 Å². The van der Waals surface area contributed by atoms with Crippen molar-refractivity contribution in [3.05, 3.63) is 53.8 Å². The van der Waals surface area contributed by atoms with Gasteiger partial charge < -0.3 is 4.90 Å². The lowest BCUT2D eigenvalue weighted by atomic mass is 10.2. The fourth-order valence-corrected chi connectivity index (χ4v) is 4.68. The van der Waals surface area contributed by atoms with Crippen LogP contribution < -0.4 is 4.90 Å². The number of amides is 1. The molecule has 0 saturated heterocycles. The highest BCUT2D eigenvalue weighted by Gasteiger charge is 2.20. The molecule has 0 N–H and O–H groups in total. The van der Waals surface area contributed by atoms with Crippen LogP contribution in [-0.2, 0) is 4.79 Å². The van der Waals surface area contributed by atoms with E-state index in [1.807, 2.05) is 39.2 Å². The maximum atomic E-state index is 13.1. The van der Waals surface area contributed by atoms with Gasteiger partial charge >= 0.3 is 0 Å². The number of para-hydroxylation sites is 1. The summed E-state index contributed by atoms with van der Waals surface area (Å²) in [6.45, 7) is 3.56. The van der Waals surface area contributed by atoms with E-state index in [-0.39, 0.29) is 11.7 Å². The lowest BCUT2D eigenvalue weighted by molar-refractivity contribution is -0.116. The first-order valence-corrected chi connectivity index (χ1v) is 10.9. The first kappa shape index (κ1) is 20.8. The predicted octanol–water partition coefficient (Wildman–Crippen LogP) is 4.82. The zero-order valence-electron chi connectivity index (χ0n) is 16.3. The monoisotopic (exact) mass is 417 g/mol. The zero-order chi connectivity index (χ0) is 20.1. The Bertz CT molecular complexity index is 940. The molecule has 0 spiro atoms. The van der Waals surface area contributed by atoms with E-state index in [4.69, 9.17) is 4.98 Å². The number of rotatable bonds is 8. The third-order valence-electron chi connectivity index (χ3n) is 4.30. The van der Waals surface area contributed by atoms with Crippen molar-refractivity contribution in [2.75, 3.05) is 37.8 Å². The number of hydrogen-bond acceptors (Lipinski definition) is 5. The minimum Gasteiger partial charge on any atom is -0.309 e. The predicted molar refractivity (Wildman–Crippen MR) is 117 cm³/mol. The van der Waals surface area contributed by atoms with Crippen molar-refractivity contribution < 1.29 is 9.18 Å². The fraction of sp³-hybridized carbons (Fsp3) is 0.333. The number of nitrogens with zero attached hydrogens (tertiary/aromatic N) is 3. The molecule has 0 unspecified atom stereocenters. The molecule has 28 heavy (non-hydrogen) atoms. The Kier molecular flexibility index (Phi) is 7.04. The van der Waals surface area contributed by atoms with Gasteiger partial charge in [0.05, 0.1) is 16.0 Å². The summed E-state index contributed by atoms with van der Waals surface area (Å²) < 4.78 is 14.2. The smallest absolute Gasteiger partial charge is 0.239 e. The van der Waals surface area contributed by atoms with E-state index in [0.29, 0.717) is 12.3 Å². The number of hydrogen-bond donors (Lipinski definition) is 0. The van der Waals surface area contributed by atoms with E-state index in [9.17, 15) is 9.18 Å². The largest absolute Gasteiger partial charge is 0.309 e. The molecule has 0 atom stereocenters. The molecule has 0 aliphatic carbocycles. The van der Waals surface area contributed by atoms with E-state index in [1.165, 1.54) is 23.9 Å². The number of thiazole rings is 1. The SMILES string of the molecule is Cc1cccc2sc(N(CCCN(C)C)C(=O)CSc3ccc(F)cc3)nc12. The third-order valence-corrected chi connectivity index (χ3v) is 6.34. The summed E-state index contributed by atoms with van der Waals surface area (Å²) in [6.07, 6.45) is 0.870. The second-order valence-electron chi connectivity index (χ2n) is 6.86. The van der Waals surface area contributed by atoms with Crippen molar-refractivity contribution in [2.24, 2.45) is 0 Å². The summed E-state index contributed by atoms with van der Waals surface area (Å²) in [6, 6.07) is 12.3. The highest BCUT2D eigenvalue weighted by Crippen LogP contribution is 2.31. The molecule has 0 bridgehead atoms. The Morgan fingerprint density at radius 1 is 1.14 bits per heavy atom. The molecular weight excluding hydrogens is 393 g/mol. The summed E-state index contributed by atoms with van der Waals surface area (Å²) in [5.41, 5.74) is 2.07. The Morgan fingerprint density at radius 3 is 2.57 bits per heavy atom. The number of halogens is 1. The Labute approximate surface area is 173 Å². The number of carbonyl (C=O) groups is 1. The number of thioether (sulfide) groups is 1. The van der Waals surface area contributed by atoms with E-state index < -0.39 is 0 Å². The molecular formula is C21H24FN3OS2. The van der Waals surface area contributed by atoms with Gasteiger partial charge in [-0.05, 0) is 69.9 Å². The van der Waals surface area contributed by atoms with Crippen molar-refractivity contribution in [2.45, 2.75) is 18.2 Å². The van der Waals surface area contributed by atoms with Gasteiger partial charge in [0.1, 0.15) is 5.82 Å². The second kappa shape index (κ2) is 9.49. The topological polar surface area (TPSA) is 36.4 Å². The molecule has 148 valence electrons. The minimum absolute atomic E-state index is 0.0183. The van der Waals surface area contributed by atoms with Crippen LogP contribution in [0, 0.1) is 12.7 Å². The quantitative estimate of drug-likeness (QED) is 0.492. The molecule has 3 rings (SSSR count). The molecule has 4 nitrogen and oxygen atoms in total. The Morgan fingerprint density at radius 2 is 1.89 bits per heavy atom. The average Bonchev–Trinajstić information content (AvgIpc) is 3.09. The van der Waals surface area contributed by atoms with Crippen LogP contribution in [0.2, 0.25) is 0 Å². The molecule has 7 heteroatoms. The molecule has 0 saturated carbocycles. The van der Waals surface area contributed by atoms with Crippen LogP contribution in [0.15, 0.2) is 47.4 Å². The van der Waals surface area contributed by atoms with Crippen LogP contribution >= 0.6 is 23.1 Å². The first-order chi connectivity index (χ1) is 13.4. The first-order valence-electron chi connectivity index (χ1n) is 9.13. The van der Waals surface area contributed by atoms with Crippen LogP contribution in [0.25, 0.3) is 10.2 Å². The molecule has 2 aromatic carbocycles. The summed E-state index contributed by atoms with van der Waals surface area (Å²) in [4.78, 5) is 22.5. The van der Waals surface area contributed by atoms with Crippen LogP contribution in [0.5, 0.6) is 0 Å². The lowest BCUT2D eigenvalue weighted by Gasteiger charge is -2.21. The van der Waals surface area contributed by atoms with E-state index in [0.717, 1.165) is 38.8 Å². The number of aryl methyl sites for hydroxylation is 1. The number of benzene rings is 2. The van der Waals surface area contributed by atoms with Gasteiger partial charge in [-0.1, -0.05) is 23.5 Å². The minimum atomic E-state index is -0.272. The number of fused-ring (bicyclic) bond motifs is 1. The molecule has 1 aromatic heterocycles. The number of aromatic nitrogens is 1. The molecule has 0 aliphatic heterocycles. The molecule has 3 aromatic rings. The van der Waals surface area contributed by atoms with Crippen molar-refractivity contribution in [3.63, 3.8) is 0 Å². The molecule has 0 fully saturated rings. The van der Waals surface area contributed by atoms with Gasteiger partial charge in [-0.2, -0.15) is 0 Å². The summed E-state index contributed by atoms with van der Waals surface area (Å²) in [5.74, 6) is 0.0401. The van der Waals surface area contributed by atoms with Gasteiger partial charge in [0.15, 0.2) is 5.13 Å². The highest BCUT2D eigenvalue weighted by atomic mass is 32.2. The second-order valence-corrected chi connectivity index (χ2v) is 8.92. The number of carbonyl (C=O) groups excluding carboxylic acids is 1. The Hall–Kier alpha value is -1.96. The van der Waals surface area contributed by atoms with Crippen LogP contribution in [0.1, 0.15) is 12.0 Å². The normalized spacial score (nSPS) is 11.3. The highest BCUT2D eigenvalue weighted by molar-refractivity contribution is 8.00. The standard InChI is InChI=1S/C21H24FN3OS2/c1-15-6-4-7-18-20(15)23-21(28-18)25(13-5-12-24(2)3)19(26)14-27-17-10-8-16(22)9-11-17/h4,6-11H,5,12-14H2,1-3H3. The molecule has 1 heterocycles. The van der Waals surface area contributed by atoms with E-state index >= 15 is 0 Å². The van der Waals surface area contributed by atoms with Gasteiger partial charge in [-0.25, -0.2) is 9.37 Å². The van der Waals surface area contributed by atoms with E-state index in [1.54, 1.807) is 28.4 Å². The average molecular weight is 418 g/mol. The van der Waals surface area contributed by atoms with Crippen molar-refractivity contribution >= 4 is 44.4 Å². The Balaban J connectivity index is 1.77. The van der Waals surface area contributed by atoms with Gasteiger partial charge in [0, 0.05) is 11.4 Å². The van der Waals surface area contributed by atoms with Crippen LogP contribution in [0.3, 0.4) is 0 Å². The van der Waals surface area contributed by atoms with Crippen molar-refractivity contribution in [1.29, 1.82) is 0 Å². The van der Waals surface area contributed by atoms with Crippen LogP contribution in [0.4, 0.5) is 9.52 Å². The molecule has 1 amide bonds.